The third-order valence-corrected chi connectivity index (χ3v) is 2.07. The lowest BCUT2D eigenvalue weighted by Gasteiger charge is -2.16. The van der Waals surface area contributed by atoms with Crippen molar-refractivity contribution in [2.45, 2.75) is 6.42 Å². The molecule has 0 atom stereocenters. The van der Waals surface area contributed by atoms with Gasteiger partial charge in [0, 0.05) is 12.1 Å². The van der Waals surface area contributed by atoms with Crippen LogP contribution in [0.25, 0.3) is 0 Å². The molecule has 1 aliphatic heterocycles. The van der Waals surface area contributed by atoms with Gasteiger partial charge in [-0.15, -0.1) is 0 Å². The van der Waals surface area contributed by atoms with Crippen LogP contribution in [0.15, 0.2) is 36.5 Å². The Bertz CT molecular complexity index is 319. The van der Waals surface area contributed by atoms with Crippen LogP contribution in [-0.2, 0) is 11.3 Å². The molecule has 1 aliphatic rings. The topological polar surface area (TPSA) is 12.5 Å². The highest BCUT2D eigenvalue weighted by Crippen LogP contribution is 2.32. The lowest BCUT2D eigenvalue weighted by atomic mass is 10.2. The molecule has 1 heterocycles. The van der Waals surface area contributed by atoms with Gasteiger partial charge in [-0.3, -0.25) is 4.84 Å². The van der Waals surface area contributed by atoms with Gasteiger partial charge in [0.2, 0.25) is 0 Å². The molecule has 2 rings (SSSR count). The van der Waals surface area contributed by atoms with Gasteiger partial charge >= 0.3 is 0 Å². The Morgan fingerprint density at radius 2 is 2.17 bits per heavy atom. The van der Waals surface area contributed by atoms with Crippen molar-refractivity contribution in [2.24, 2.45) is 0 Å². The van der Waals surface area contributed by atoms with Crippen molar-refractivity contribution in [1.29, 1.82) is 0 Å². The number of anilines is 1. The van der Waals surface area contributed by atoms with E-state index in [2.05, 4.69) is 12.6 Å². The minimum atomic E-state index is 0.893. The summed E-state index contributed by atoms with van der Waals surface area (Å²) in [6, 6.07) is 8.17. The van der Waals surface area contributed by atoms with E-state index in [1.807, 2.05) is 18.2 Å². The molecule has 0 saturated carbocycles. The molecule has 0 unspecified atom stereocenters. The number of hydroxylamine groups is 1. The zero-order chi connectivity index (χ0) is 8.55. The van der Waals surface area contributed by atoms with Crippen molar-refractivity contribution in [3.63, 3.8) is 0 Å². The molecular weight excluding hydrogens is 150 g/mol. The quantitative estimate of drug-likeness (QED) is 0.625. The number of benzene rings is 1. The average Bonchev–Trinajstić information content (AvgIpc) is 2.40. The largest absolute Gasteiger partial charge is 0.272 e. The predicted octanol–water partition coefficient (Wildman–Crippen LogP) is 2.12. The molecule has 0 amide bonds. The Morgan fingerprint density at radius 1 is 1.42 bits per heavy atom. The minimum Gasteiger partial charge on any atom is -0.272 e. The molecule has 12 heavy (non-hydrogen) atoms. The van der Waals surface area contributed by atoms with Crippen LogP contribution in [0.3, 0.4) is 0 Å². The first kappa shape index (κ1) is 7.37. The molecule has 0 N–H and O–H groups in total. The van der Waals surface area contributed by atoms with Crippen LogP contribution in [0.4, 0.5) is 5.69 Å². The Kier molecular flexibility index (Phi) is 1.62. The highest BCUT2D eigenvalue weighted by atomic mass is 16.7. The molecule has 2 heteroatoms. The fraction of sp³-hybridized carbons (Fsp3) is 0.200. The molecule has 0 fully saturated rings. The summed E-state index contributed by atoms with van der Waals surface area (Å²) < 4.78 is 0. The average molecular weight is 161 g/mol. The maximum atomic E-state index is 5.18. The Morgan fingerprint density at radius 3 is 2.92 bits per heavy atom. The summed E-state index contributed by atoms with van der Waals surface area (Å²) in [6.07, 6.45) is 0.893. The number of allylic oxidation sites excluding steroid dienone is 1. The second-order valence-corrected chi connectivity index (χ2v) is 2.85. The number of hydrogen-bond acceptors (Lipinski definition) is 2. The van der Waals surface area contributed by atoms with Crippen molar-refractivity contribution in [2.75, 3.05) is 12.2 Å². The predicted molar refractivity (Wildman–Crippen MR) is 48.8 cm³/mol. The first-order chi connectivity index (χ1) is 5.83. The molecule has 0 bridgehead atoms. The summed E-state index contributed by atoms with van der Waals surface area (Å²) in [6.45, 7) is 3.92. The van der Waals surface area contributed by atoms with E-state index in [0.717, 1.165) is 17.8 Å². The Hall–Kier alpha value is -1.28. The van der Waals surface area contributed by atoms with Gasteiger partial charge in [-0.2, -0.15) is 0 Å². The van der Waals surface area contributed by atoms with E-state index >= 15 is 0 Å². The molecule has 1 aromatic rings. The summed E-state index contributed by atoms with van der Waals surface area (Å²) in [5, 5.41) is 1.77. The smallest absolute Gasteiger partial charge is 0.0727 e. The van der Waals surface area contributed by atoms with Gasteiger partial charge in [-0.1, -0.05) is 24.8 Å². The Balaban J connectivity index is 2.47. The van der Waals surface area contributed by atoms with Crippen LogP contribution in [0.5, 0.6) is 0 Å². The fourth-order valence-corrected chi connectivity index (χ4v) is 1.55. The number of para-hydroxylation sites is 1. The number of rotatable bonds is 1. The van der Waals surface area contributed by atoms with Crippen molar-refractivity contribution in [3.8, 4) is 0 Å². The second kappa shape index (κ2) is 2.64. The fourth-order valence-electron chi connectivity index (χ4n) is 1.55. The number of hydrogen-bond donors (Lipinski definition) is 0. The van der Waals surface area contributed by atoms with Gasteiger partial charge in [-0.25, -0.2) is 5.06 Å². The van der Waals surface area contributed by atoms with Gasteiger partial charge in [0.15, 0.2) is 0 Å². The summed E-state index contributed by atoms with van der Waals surface area (Å²) in [5.41, 5.74) is 3.40. The van der Waals surface area contributed by atoms with E-state index in [0.29, 0.717) is 0 Å². The standard InChI is InChI=1S/C10H11NO/c1-8-7-9-5-3-4-6-10(9)11(8)12-2/h3-6H,1,7H2,2H3. The monoisotopic (exact) mass is 161 g/mol. The van der Waals surface area contributed by atoms with Gasteiger partial charge in [0.1, 0.15) is 0 Å². The first-order valence-corrected chi connectivity index (χ1v) is 3.93. The van der Waals surface area contributed by atoms with Gasteiger partial charge < -0.3 is 0 Å². The lowest BCUT2D eigenvalue weighted by Crippen LogP contribution is -2.15. The summed E-state index contributed by atoms with van der Waals surface area (Å²) in [4.78, 5) is 5.18. The van der Waals surface area contributed by atoms with Gasteiger partial charge in [-0.05, 0) is 11.6 Å². The van der Waals surface area contributed by atoms with Crippen molar-refractivity contribution >= 4 is 5.69 Å². The van der Waals surface area contributed by atoms with E-state index in [4.69, 9.17) is 4.84 Å². The van der Waals surface area contributed by atoms with Crippen LogP contribution in [0, 0.1) is 0 Å². The van der Waals surface area contributed by atoms with Crippen LogP contribution in [0.1, 0.15) is 5.56 Å². The van der Waals surface area contributed by atoms with Crippen LogP contribution < -0.4 is 5.06 Å². The maximum Gasteiger partial charge on any atom is 0.0727 e. The molecule has 2 nitrogen and oxygen atoms in total. The zero-order valence-electron chi connectivity index (χ0n) is 7.08. The summed E-state index contributed by atoms with van der Waals surface area (Å²) in [5.74, 6) is 0. The van der Waals surface area contributed by atoms with Crippen molar-refractivity contribution in [1.82, 2.24) is 0 Å². The maximum absolute atomic E-state index is 5.18. The molecule has 0 aromatic heterocycles. The van der Waals surface area contributed by atoms with Crippen molar-refractivity contribution in [3.05, 3.63) is 42.1 Å². The molecule has 0 radical (unpaired) electrons. The highest BCUT2D eigenvalue weighted by molar-refractivity contribution is 5.62. The third kappa shape index (κ3) is 0.924. The molecule has 0 saturated heterocycles. The summed E-state index contributed by atoms with van der Waals surface area (Å²) >= 11 is 0. The van der Waals surface area contributed by atoms with E-state index in [1.165, 1.54) is 5.56 Å². The van der Waals surface area contributed by atoms with Crippen molar-refractivity contribution < 1.29 is 4.84 Å². The normalized spacial score (nSPS) is 15.1. The van der Waals surface area contributed by atoms with Crippen LogP contribution in [0.2, 0.25) is 0 Å². The second-order valence-electron chi connectivity index (χ2n) is 2.85. The lowest BCUT2D eigenvalue weighted by molar-refractivity contribution is 0.192. The Labute approximate surface area is 72.0 Å². The molecule has 1 aromatic carbocycles. The zero-order valence-corrected chi connectivity index (χ0v) is 7.08. The van der Waals surface area contributed by atoms with E-state index in [1.54, 1.807) is 12.2 Å². The molecule has 0 aliphatic carbocycles. The first-order valence-electron chi connectivity index (χ1n) is 3.93. The van der Waals surface area contributed by atoms with E-state index < -0.39 is 0 Å². The summed E-state index contributed by atoms with van der Waals surface area (Å²) in [7, 11) is 1.66. The molecule has 62 valence electrons. The number of nitrogens with zero attached hydrogens (tertiary/aromatic N) is 1. The van der Waals surface area contributed by atoms with Crippen LogP contribution >= 0.6 is 0 Å². The van der Waals surface area contributed by atoms with Gasteiger partial charge in [0.05, 0.1) is 12.8 Å². The van der Waals surface area contributed by atoms with Gasteiger partial charge in [0.25, 0.3) is 0 Å². The van der Waals surface area contributed by atoms with E-state index in [-0.39, 0.29) is 0 Å². The SMILES string of the molecule is C=C1Cc2ccccc2N1OC. The third-order valence-electron chi connectivity index (χ3n) is 2.07. The minimum absolute atomic E-state index is 0.893. The molecule has 0 spiro atoms. The number of fused-ring (bicyclic) bond motifs is 1. The van der Waals surface area contributed by atoms with Crippen LogP contribution in [-0.4, -0.2) is 7.11 Å². The van der Waals surface area contributed by atoms with E-state index in [9.17, 15) is 0 Å². The molecular formula is C10H11NO. The highest BCUT2D eigenvalue weighted by Gasteiger charge is 2.21.